The molecule has 20 heavy (non-hydrogen) atoms. The standard InChI is InChI=1S/C14H13N3O2S/c18-12-7-6-10(13(19)16-12)17-11(8-15-14(17)20)9-4-2-1-3-5-9/h1-5,8,10H,6-7H2,(H,15,20)(H,16,18,19). The Bertz CT molecular complexity index is 718. The van der Waals surface area contributed by atoms with E-state index in [1.807, 2.05) is 30.3 Å². The molecule has 2 heterocycles. The summed E-state index contributed by atoms with van der Waals surface area (Å²) in [5, 5.41) is 2.36. The Balaban J connectivity index is 2.06. The molecule has 0 aliphatic carbocycles. The van der Waals surface area contributed by atoms with Gasteiger partial charge in [0.05, 0.1) is 5.69 Å². The summed E-state index contributed by atoms with van der Waals surface area (Å²) in [5.41, 5.74) is 1.83. The van der Waals surface area contributed by atoms with Crippen LogP contribution in [0.25, 0.3) is 11.3 Å². The Kier molecular flexibility index (Phi) is 3.23. The molecular weight excluding hydrogens is 274 g/mol. The average molecular weight is 287 g/mol. The molecule has 0 bridgehead atoms. The predicted molar refractivity (Wildman–Crippen MR) is 76.5 cm³/mol. The normalized spacial score (nSPS) is 18.9. The van der Waals surface area contributed by atoms with Crippen molar-refractivity contribution in [3.05, 3.63) is 41.3 Å². The van der Waals surface area contributed by atoms with Crippen molar-refractivity contribution < 1.29 is 9.59 Å². The molecule has 0 spiro atoms. The molecule has 1 aliphatic heterocycles. The van der Waals surface area contributed by atoms with E-state index in [9.17, 15) is 9.59 Å². The van der Waals surface area contributed by atoms with Gasteiger partial charge < -0.3 is 9.55 Å². The number of nitrogens with zero attached hydrogens (tertiary/aromatic N) is 1. The average Bonchev–Trinajstić information content (AvgIpc) is 2.82. The van der Waals surface area contributed by atoms with Gasteiger partial charge in [-0.25, -0.2) is 0 Å². The second-order valence-corrected chi connectivity index (χ2v) is 5.07. The third-order valence-electron chi connectivity index (χ3n) is 3.40. The first-order chi connectivity index (χ1) is 9.66. The first-order valence-corrected chi connectivity index (χ1v) is 6.76. The second kappa shape index (κ2) is 5.05. The zero-order valence-electron chi connectivity index (χ0n) is 10.6. The highest BCUT2D eigenvalue weighted by molar-refractivity contribution is 7.71. The van der Waals surface area contributed by atoms with Gasteiger partial charge >= 0.3 is 0 Å². The van der Waals surface area contributed by atoms with Gasteiger partial charge in [-0.15, -0.1) is 0 Å². The molecule has 1 saturated heterocycles. The minimum Gasteiger partial charge on any atom is -0.337 e. The van der Waals surface area contributed by atoms with Crippen molar-refractivity contribution >= 4 is 24.0 Å². The van der Waals surface area contributed by atoms with Crippen molar-refractivity contribution in [1.29, 1.82) is 0 Å². The topological polar surface area (TPSA) is 66.9 Å². The van der Waals surface area contributed by atoms with E-state index in [4.69, 9.17) is 12.2 Å². The minimum absolute atomic E-state index is 0.227. The maximum absolute atomic E-state index is 12.0. The summed E-state index contributed by atoms with van der Waals surface area (Å²) in [6.07, 6.45) is 2.59. The lowest BCUT2D eigenvalue weighted by molar-refractivity contribution is -0.135. The van der Waals surface area contributed by atoms with Crippen molar-refractivity contribution in [2.24, 2.45) is 0 Å². The first kappa shape index (κ1) is 12.8. The number of carbonyl (C=O) groups is 2. The summed E-state index contributed by atoms with van der Waals surface area (Å²) in [7, 11) is 0. The van der Waals surface area contributed by atoms with Gasteiger partial charge in [0, 0.05) is 12.6 Å². The zero-order valence-corrected chi connectivity index (χ0v) is 11.4. The fourth-order valence-electron chi connectivity index (χ4n) is 2.45. The number of imide groups is 1. The van der Waals surface area contributed by atoms with Crippen molar-refractivity contribution in [3.63, 3.8) is 0 Å². The molecule has 2 aromatic rings. The molecule has 3 rings (SSSR count). The van der Waals surface area contributed by atoms with Crippen LogP contribution in [0.15, 0.2) is 36.5 Å². The molecule has 0 radical (unpaired) electrons. The number of hydrogen-bond acceptors (Lipinski definition) is 3. The summed E-state index contributed by atoms with van der Waals surface area (Å²) in [4.78, 5) is 26.3. The number of imidazole rings is 1. The largest absolute Gasteiger partial charge is 0.337 e. The lowest BCUT2D eigenvalue weighted by Crippen LogP contribution is -2.41. The van der Waals surface area contributed by atoms with E-state index in [-0.39, 0.29) is 11.8 Å². The number of amides is 2. The second-order valence-electron chi connectivity index (χ2n) is 4.68. The molecule has 2 amide bonds. The Hall–Kier alpha value is -2.21. The number of rotatable bonds is 2. The van der Waals surface area contributed by atoms with Crippen molar-refractivity contribution in [1.82, 2.24) is 14.9 Å². The lowest BCUT2D eigenvalue weighted by atomic mass is 10.0. The van der Waals surface area contributed by atoms with Gasteiger partial charge in [-0.05, 0) is 24.2 Å². The maximum Gasteiger partial charge on any atom is 0.249 e. The molecule has 5 nitrogen and oxygen atoms in total. The predicted octanol–water partition coefficient (Wildman–Crippen LogP) is 2.19. The van der Waals surface area contributed by atoms with E-state index in [2.05, 4.69) is 10.3 Å². The summed E-state index contributed by atoms with van der Waals surface area (Å²) in [6.45, 7) is 0. The van der Waals surface area contributed by atoms with Gasteiger partial charge in [0.25, 0.3) is 0 Å². The molecule has 6 heteroatoms. The monoisotopic (exact) mass is 287 g/mol. The summed E-state index contributed by atoms with van der Waals surface area (Å²) in [5.74, 6) is -0.524. The zero-order chi connectivity index (χ0) is 14.1. The Labute approximate surface area is 120 Å². The fourth-order valence-corrected chi connectivity index (χ4v) is 2.73. The van der Waals surface area contributed by atoms with Crippen LogP contribution in [-0.2, 0) is 9.59 Å². The third kappa shape index (κ3) is 2.18. The number of H-pyrrole nitrogens is 1. The molecule has 1 unspecified atom stereocenters. The number of hydrogen-bond donors (Lipinski definition) is 2. The highest BCUT2D eigenvalue weighted by atomic mass is 32.1. The third-order valence-corrected chi connectivity index (χ3v) is 3.72. The fraction of sp³-hybridized carbons (Fsp3) is 0.214. The SMILES string of the molecule is O=C1CCC(n2c(-c3ccccc3)c[nH]c2=S)C(=O)N1. The van der Waals surface area contributed by atoms with E-state index in [1.165, 1.54) is 0 Å². The molecule has 1 aromatic heterocycles. The number of benzene rings is 1. The van der Waals surface area contributed by atoms with Crippen LogP contribution in [0.3, 0.4) is 0 Å². The van der Waals surface area contributed by atoms with Crippen molar-refractivity contribution in [2.75, 3.05) is 0 Å². The molecule has 1 aromatic carbocycles. The van der Waals surface area contributed by atoms with E-state index in [1.54, 1.807) is 10.8 Å². The van der Waals surface area contributed by atoms with E-state index in [0.717, 1.165) is 11.3 Å². The molecule has 1 fully saturated rings. The van der Waals surface area contributed by atoms with Crippen molar-refractivity contribution in [3.8, 4) is 11.3 Å². The van der Waals surface area contributed by atoms with Crippen LogP contribution < -0.4 is 5.32 Å². The van der Waals surface area contributed by atoms with Crippen LogP contribution in [0.4, 0.5) is 0 Å². The van der Waals surface area contributed by atoms with Crippen LogP contribution in [0, 0.1) is 4.77 Å². The highest BCUT2D eigenvalue weighted by Gasteiger charge is 2.30. The number of aromatic nitrogens is 2. The van der Waals surface area contributed by atoms with Crippen LogP contribution in [0.2, 0.25) is 0 Å². The van der Waals surface area contributed by atoms with E-state index < -0.39 is 6.04 Å². The number of carbonyl (C=O) groups excluding carboxylic acids is 2. The van der Waals surface area contributed by atoms with Gasteiger partial charge in [-0.2, -0.15) is 0 Å². The molecule has 0 saturated carbocycles. The highest BCUT2D eigenvalue weighted by Crippen LogP contribution is 2.27. The van der Waals surface area contributed by atoms with Gasteiger partial charge in [0.1, 0.15) is 6.04 Å². The Morgan fingerprint density at radius 1 is 1.20 bits per heavy atom. The molecule has 2 N–H and O–H groups in total. The smallest absolute Gasteiger partial charge is 0.249 e. The number of piperidine rings is 1. The van der Waals surface area contributed by atoms with Gasteiger partial charge in [0.2, 0.25) is 11.8 Å². The van der Waals surface area contributed by atoms with Crippen LogP contribution in [0.1, 0.15) is 18.9 Å². The molecule has 102 valence electrons. The quantitative estimate of drug-likeness (QED) is 0.657. The van der Waals surface area contributed by atoms with Gasteiger partial charge in [-0.1, -0.05) is 30.3 Å². The minimum atomic E-state index is -0.443. The summed E-state index contributed by atoms with van der Waals surface area (Å²) < 4.78 is 2.27. The first-order valence-electron chi connectivity index (χ1n) is 6.36. The Morgan fingerprint density at radius 3 is 2.65 bits per heavy atom. The molecular formula is C14H13N3O2S. The van der Waals surface area contributed by atoms with Crippen LogP contribution >= 0.6 is 12.2 Å². The molecule has 1 aliphatic rings. The number of nitrogens with one attached hydrogen (secondary N) is 2. The van der Waals surface area contributed by atoms with Gasteiger partial charge in [-0.3, -0.25) is 14.9 Å². The summed E-state index contributed by atoms with van der Waals surface area (Å²) in [6, 6.07) is 9.27. The summed E-state index contributed by atoms with van der Waals surface area (Å²) >= 11 is 5.28. The van der Waals surface area contributed by atoms with Crippen LogP contribution in [-0.4, -0.2) is 21.4 Å². The Morgan fingerprint density at radius 2 is 1.95 bits per heavy atom. The lowest BCUT2D eigenvalue weighted by Gasteiger charge is -2.23. The van der Waals surface area contributed by atoms with E-state index >= 15 is 0 Å². The van der Waals surface area contributed by atoms with Gasteiger partial charge in [0.15, 0.2) is 4.77 Å². The molecule has 1 atom stereocenters. The maximum atomic E-state index is 12.0. The number of aromatic amines is 1. The van der Waals surface area contributed by atoms with Crippen molar-refractivity contribution in [2.45, 2.75) is 18.9 Å². The van der Waals surface area contributed by atoms with E-state index in [0.29, 0.717) is 17.6 Å². The van der Waals surface area contributed by atoms with Crippen LogP contribution in [0.5, 0.6) is 0 Å².